The van der Waals surface area contributed by atoms with Gasteiger partial charge in [-0.2, -0.15) is 0 Å². The molecule has 0 aliphatic rings. The molecular formula is C20H35NO. The minimum Gasteiger partial charge on any atom is -0.494 e. The normalized spacial score (nSPS) is 10.6. The zero-order chi connectivity index (χ0) is 15.9. The second-order valence-corrected chi connectivity index (χ2v) is 6.07. The van der Waals surface area contributed by atoms with Crippen LogP contribution in [0.15, 0.2) is 24.3 Å². The summed E-state index contributed by atoms with van der Waals surface area (Å²) in [6, 6.07) is 8.26. The molecule has 1 N–H and O–H groups in total. The van der Waals surface area contributed by atoms with Crippen molar-refractivity contribution in [1.29, 1.82) is 0 Å². The van der Waals surface area contributed by atoms with Crippen LogP contribution < -0.4 is 10.1 Å². The molecular weight excluding hydrogens is 270 g/mol. The maximum atomic E-state index is 5.44. The first-order valence-electron chi connectivity index (χ1n) is 9.33. The Kier molecular flexibility index (Phi) is 11.6. The fourth-order valence-corrected chi connectivity index (χ4v) is 2.68. The highest BCUT2D eigenvalue weighted by molar-refractivity contribution is 5.46. The maximum Gasteiger partial charge on any atom is 0.119 e. The quantitative estimate of drug-likeness (QED) is 0.400. The van der Waals surface area contributed by atoms with E-state index in [0.29, 0.717) is 0 Å². The van der Waals surface area contributed by atoms with Crippen molar-refractivity contribution in [3.8, 4) is 5.75 Å². The fourth-order valence-electron chi connectivity index (χ4n) is 2.68. The van der Waals surface area contributed by atoms with Gasteiger partial charge in [-0.1, -0.05) is 64.7 Å². The van der Waals surface area contributed by atoms with Crippen molar-refractivity contribution in [3.63, 3.8) is 0 Å². The number of benzene rings is 1. The van der Waals surface area contributed by atoms with Crippen molar-refractivity contribution in [2.75, 3.05) is 18.5 Å². The molecule has 1 rings (SSSR count). The van der Waals surface area contributed by atoms with Gasteiger partial charge < -0.3 is 10.1 Å². The predicted molar refractivity (Wildman–Crippen MR) is 97.9 cm³/mol. The zero-order valence-electron chi connectivity index (χ0n) is 14.7. The molecule has 0 aliphatic carbocycles. The highest BCUT2D eigenvalue weighted by atomic mass is 16.5. The Bertz CT molecular complexity index is 347. The van der Waals surface area contributed by atoms with Gasteiger partial charge in [-0.05, 0) is 37.6 Å². The largest absolute Gasteiger partial charge is 0.494 e. The van der Waals surface area contributed by atoms with E-state index in [4.69, 9.17) is 4.74 Å². The van der Waals surface area contributed by atoms with Gasteiger partial charge in [0.25, 0.3) is 0 Å². The van der Waals surface area contributed by atoms with Gasteiger partial charge in [0.2, 0.25) is 0 Å². The standard InChI is InChI=1S/C20H35NO/c1-3-5-6-7-8-9-10-11-12-13-18-21-19-14-16-20(17-15-19)22-4-2/h14-17,21H,3-13,18H2,1-2H3. The lowest BCUT2D eigenvalue weighted by Gasteiger charge is -2.08. The molecule has 0 heterocycles. The van der Waals surface area contributed by atoms with E-state index in [-0.39, 0.29) is 0 Å². The lowest BCUT2D eigenvalue weighted by Crippen LogP contribution is -2.01. The van der Waals surface area contributed by atoms with Gasteiger partial charge in [0, 0.05) is 12.2 Å². The van der Waals surface area contributed by atoms with Crippen LogP contribution in [0.5, 0.6) is 5.75 Å². The molecule has 0 unspecified atom stereocenters. The summed E-state index contributed by atoms with van der Waals surface area (Å²) in [6.45, 7) is 6.09. The first kappa shape index (κ1) is 18.9. The summed E-state index contributed by atoms with van der Waals surface area (Å²) in [4.78, 5) is 0. The first-order chi connectivity index (χ1) is 10.9. The van der Waals surface area contributed by atoms with Crippen LogP contribution in [0.2, 0.25) is 0 Å². The molecule has 0 aromatic heterocycles. The van der Waals surface area contributed by atoms with Crippen molar-refractivity contribution >= 4 is 5.69 Å². The fraction of sp³-hybridized carbons (Fsp3) is 0.700. The summed E-state index contributed by atoms with van der Waals surface area (Å²) in [5, 5.41) is 3.48. The van der Waals surface area contributed by atoms with Gasteiger partial charge in [-0.3, -0.25) is 0 Å². The average Bonchev–Trinajstić information content (AvgIpc) is 2.54. The smallest absolute Gasteiger partial charge is 0.119 e. The topological polar surface area (TPSA) is 21.3 Å². The van der Waals surface area contributed by atoms with E-state index >= 15 is 0 Å². The Balaban J connectivity index is 1.90. The Labute approximate surface area is 137 Å². The molecule has 0 aliphatic heterocycles. The summed E-state index contributed by atoms with van der Waals surface area (Å²) in [5.74, 6) is 0.951. The second kappa shape index (κ2) is 13.5. The van der Waals surface area contributed by atoms with Gasteiger partial charge in [0.1, 0.15) is 5.75 Å². The van der Waals surface area contributed by atoms with Gasteiger partial charge in [0.15, 0.2) is 0 Å². The van der Waals surface area contributed by atoms with Crippen LogP contribution in [0.1, 0.15) is 78.1 Å². The minimum atomic E-state index is 0.728. The Hall–Kier alpha value is -1.18. The van der Waals surface area contributed by atoms with Crippen LogP contribution in [0.4, 0.5) is 5.69 Å². The second-order valence-electron chi connectivity index (χ2n) is 6.07. The molecule has 2 heteroatoms. The molecule has 1 aromatic rings. The monoisotopic (exact) mass is 305 g/mol. The summed E-state index contributed by atoms with van der Waals surface area (Å²) in [6.07, 6.45) is 13.9. The van der Waals surface area contributed by atoms with E-state index in [1.165, 1.54) is 69.9 Å². The third-order valence-corrected chi connectivity index (χ3v) is 4.02. The summed E-state index contributed by atoms with van der Waals surface area (Å²) >= 11 is 0. The highest BCUT2D eigenvalue weighted by Gasteiger charge is 1.95. The van der Waals surface area contributed by atoms with Crippen molar-refractivity contribution in [2.24, 2.45) is 0 Å². The van der Waals surface area contributed by atoms with E-state index < -0.39 is 0 Å². The number of hydrogen-bond donors (Lipinski definition) is 1. The van der Waals surface area contributed by atoms with E-state index in [9.17, 15) is 0 Å². The number of anilines is 1. The molecule has 0 saturated heterocycles. The van der Waals surface area contributed by atoms with E-state index in [2.05, 4.69) is 24.4 Å². The van der Waals surface area contributed by atoms with Gasteiger partial charge in [-0.15, -0.1) is 0 Å². The van der Waals surface area contributed by atoms with Gasteiger partial charge in [0.05, 0.1) is 6.61 Å². The van der Waals surface area contributed by atoms with Crippen LogP contribution in [-0.4, -0.2) is 13.2 Å². The first-order valence-corrected chi connectivity index (χ1v) is 9.33. The van der Waals surface area contributed by atoms with Crippen LogP contribution in [0.3, 0.4) is 0 Å². The molecule has 0 amide bonds. The van der Waals surface area contributed by atoms with Gasteiger partial charge in [-0.25, -0.2) is 0 Å². The highest BCUT2D eigenvalue weighted by Crippen LogP contribution is 2.16. The SMILES string of the molecule is CCCCCCCCCCCCNc1ccc(OCC)cc1. The molecule has 22 heavy (non-hydrogen) atoms. The molecule has 1 aromatic carbocycles. The molecule has 0 spiro atoms. The molecule has 0 saturated carbocycles. The minimum absolute atomic E-state index is 0.728. The number of nitrogens with one attached hydrogen (secondary N) is 1. The molecule has 0 atom stereocenters. The third-order valence-electron chi connectivity index (χ3n) is 4.02. The molecule has 2 nitrogen and oxygen atoms in total. The lowest BCUT2D eigenvalue weighted by atomic mass is 10.1. The van der Waals surface area contributed by atoms with Crippen molar-refractivity contribution in [3.05, 3.63) is 24.3 Å². The molecule has 0 bridgehead atoms. The Morgan fingerprint density at radius 2 is 1.27 bits per heavy atom. The van der Waals surface area contributed by atoms with Crippen molar-refractivity contribution < 1.29 is 4.74 Å². The summed E-state index contributed by atoms with van der Waals surface area (Å²) in [7, 11) is 0. The summed E-state index contributed by atoms with van der Waals surface area (Å²) in [5.41, 5.74) is 1.19. The van der Waals surface area contributed by atoms with Crippen LogP contribution in [0.25, 0.3) is 0 Å². The third kappa shape index (κ3) is 9.70. The van der Waals surface area contributed by atoms with Gasteiger partial charge >= 0.3 is 0 Å². The maximum absolute atomic E-state index is 5.44. The Morgan fingerprint density at radius 3 is 1.82 bits per heavy atom. The van der Waals surface area contributed by atoms with Crippen LogP contribution >= 0.6 is 0 Å². The van der Waals surface area contributed by atoms with E-state index in [1.54, 1.807) is 0 Å². The molecule has 0 fully saturated rings. The zero-order valence-corrected chi connectivity index (χ0v) is 14.7. The average molecular weight is 306 g/mol. The molecule has 0 radical (unpaired) electrons. The number of ether oxygens (including phenoxy) is 1. The predicted octanol–water partition coefficient (Wildman–Crippen LogP) is 6.42. The van der Waals surface area contributed by atoms with Crippen molar-refractivity contribution in [2.45, 2.75) is 78.1 Å². The molecule has 126 valence electrons. The van der Waals surface area contributed by atoms with Crippen molar-refractivity contribution in [1.82, 2.24) is 0 Å². The van der Waals surface area contributed by atoms with E-state index in [0.717, 1.165) is 18.9 Å². The Morgan fingerprint density at radius 1 is 0.727 bits per heavy atom. The van der Waals surface area contributed by atoms with Crippen LogP contribution in [-0.2, 0) is 0 Å². The van der Waals surface area contributed by atoms with Crippen LogP contribution in [0, 0.1) is 0 Å². The van der Waals surface area contributed by atoms with E-state index in [1.807, 2.05) is 19.1 Å². The number of rotatable bonds is 14. The summed E-state index contributed by atoms with van der Waals surface area (Å²) < 4.78 is 5.44. The number of unbranched alkanes of at least 4 members (excludes halogenated alkanes) is 9. The number of hydrogen-bond acceptors (Lipinski definition) is 2. The lowest BCUT2D eigenvalue weighted by molar-refractivity contribution is 0.340.